The Balaban J connectivity index is 1.61. The number of benzene rings is 2. The average Bonchev–Trinajstić information content (AvgIpc) is 2.87. The molecule has 0 aromatic heterocycles. The Morgan fingerprint density at radius 2 is 1.60 bits per heavy atom. The van der Waals surface area contributed by atoms with Gasteiger partial charge in [0.2, 0.25) is 0 Å². The lowest BCUT2D eigenvalue weighted by atomic mass is 9.80. The largest absolute Gasteiger partial charge is 0.385 e. The first-order valence-electron chi connectivity index (χ1n) is 8.53. The highest BCUT2D eigenvalue weighted by Gasteiger charge is 2.50. The van der Waals surface area contributed by atoms with Crippen molar-refractivity contribution < 1.29 is 18.7 Å². The number of fused-ring (bicyclic) bond motifs is 2. The van der Waals surface area contributed by atoms with Gasteiger partial charge < -0.3 is 10.0 Å². The Morgan fingerprint density at radius 1 is 1.00 bits per heavy atom. The molecule has 5 heteroatoms. The highest BCUT2D eigenvalue weighted by molar-refractivity contribution is 5.95. The van der Waals surface area contributed by atoms with Crippen molar-refractivity contribution in [2.45, 2.75) is 43.4 Å². The Hall–Kier alpha value is -2.27. The second-order valence-corrected chi connectivity index (χ2v) is 7.02. The second kappa shape index (κ2) is 5.92. The Labute approximate surface area is 144 Å². The van der Waals surface area contributed by atoms with Gasteiger partial charge in [-0.25, -0.2) is 8.78 Å². The van der Waals surface area contributed by atoms with E-state index in [1.54, 1.807) is 23.1 Å². The molecule has 2 bridgehead atoms. The van der Waals surface area contributed by atoms with Gasteiger partial charge in [0.1, 0.15) is 11.6 Å². The van der Waals surface area contributed by atoms with Crippen molar-refractivity contribution in [3.63, 3.8) is 0 Å². The maximum atomic E-state index is 14.2. The predicted octanol–water partition coefficient (Wildman–Crippen LogP) is 3.62. The molecule has 130 valence electrons. The van der Waals surface area contributed by atoms with Crippen LogP contribution in [0.1, 0.15) is 41.6 Å². The summed E-state index contributed by atoms with van der Waals surface area (Å²) in [5.41, 5.74) is -0.507. The number of carbonyl (C=O) groups excluding carboxylic acids is 1. The minimum Gasteiger partial charge on any atom is -0.385 e. The first-order valence-corrected chi connectivity index (χ1v) is 8.53. The summed E-state index contributed by atoms with van der Waals surface area (Å²) in [4.78, 5) is 14.6. The number of piperidine rings is 1. The minimum absolute atomic E-state index is 0.138. The van der Waals surface area contributed by atoms with Crippen molar-refractivity contribution in [3.05, 3.63) is 71.3 Å². The molecule has 0 unspecified atom stereocenters. The quantitative estimate of drug-likeness (QED) is 0.905. The fourth-order valence-corrected chi connectivity index (χ4v) is 4.36. The summed E-state index contributed by atoms with van der Waals surface area (Å²) >= 11 is 0. The highest BCUT2D eigenvalue weighted by atomic mass is 19.1. The van der Waals surface area contributed by atoms with Gasteiger partial charge in [-0.1, -0.05) is 18.2 Å². The molecule has 1 N–H and O–H groups in total. The number of carbonyl (C=O) groups is 1. The molecule has 2 aromatic rings. The zero-order valence-corrected chi connectivity index (χ0v) is 13.7. The molecule has 2 fully saturated rings. The summed E-state index contributed by atoms with van der Waals surface area (Å²) in [6.07, 6.45) is 2.21. The van der Waals surface area contributed by atoms with E-state index in [1.807, 2.05) is 0 Å². The molecule has 2 aliphatic heterocycles. The van der Waals surface area contributed by atoms with Crippen LogP contribution in [-0.2, 0) is 5.60 Å². The van der Waals surface area contributed by atoms with Crippen LogP contribution in [0.15, 0.2) is 48.5 Å². The van der Waals surface area contributed by atoms with Gasteiger partial charge in [0, 0.05) is 36.1 Å². The number of hydrogen-bond acceptors (Lipinski definition) is 2. The van der Waals surface area contributed by atoms with Crippen molar-refractivity contribution in [1.82, 2.24) is 4.90 Å². The zero-order chi connectivity index (χ0) is 17.6. The Morgan fingerprint density at radius 3 is 2.20 bits per heavy atom. The van der Waals surface area contributed by atoms with Gasteiger partial charge in [-0.05, 0) is 43.2 Å². The number of nitrogens with zero attached hydrogens (tertiary/aromatic N) is 1. The number of rotatable bonds is 2. The zero-order valence-electron chi connectivity index (χ0n) is 13.7. The maximum absolute atomic E-state index is 14.2. The molecule has 2 heterocycles. The first kappa shape index (κ1) is 16.2. The highest BCUT2D eigenvalue weighted by Crippen LogP contribution is 2.46. The van der Waals surface area contributed by atoms with Crippen LogP contribution < -0.4 is 0 Å². The third-order valence-corrected chi connectivity index (χ3v) is 5.47. The smallest absolute Gasteiger partial charge is 0.254 e. The lowest BCUT2D eigenvalue weighted by Crippen LogP contribution is -2.52. The molecule has 1 amide bonds. The normalized spacial score (nSPS) is 28.2. The van der Waals surface area contributed by atoms with Crippen LogP contribution in [0.3, 0.4) is 0 Å². The van der Waals surface area contributed by atoms with E-state index >= 15 is 0 Å². The van der Waals surface area contributed by atoms with Crippen molar-refractivity contribution in [3.8, 4) is 0 Å². The summed E-state index contributed by atoms with van der Waals surface area (Å²) in [5.74, 6) is -0.946. The monoisotopic (exact) mass is 343 g/mol. The van der Waals surface area contributed by atoms with Crippen LogP contribution in [0.2, 0.25) is 0 Å². The summed E-state index contributed by atoms with van der Waals surface area (Å²) in [6, 6.07) is 11.5. The Bertz CT molecular complexity index is 792. The second-order valence-electron chi connectivity index (χ2n) is 7.02. The van der Waals surface area contributed by atoms with E-state index in [0.29, 0.717) is 24.0 Å². The maximum Gasteiger partial charge on any atom is 0.254 e. The van der Waals surface area contributed by atoms with E-state index in [-0.39, 0.29) is 23.8 Å². The van der Waals surface area contributed by atoms with Crippen molar-refractivity contribution in [2.75, 3.05) is 0 Å². The lowest BCUT2D eigenvalue weighted by Gasteiger charge is -2.44. The predicted molar refractivity (Wildman–Crippen MR) is 88.9 cm³/mol. The minimum atomic E-state index is -1.25. The van der Waals surface area contributed by atoms with Gasteiger partial charge in [0.25, 0.3) is 5.91 Å². The van der Waals surface area contributed by atoms with E-state index in [9.17, 15) is 18.7 Å². The number of hydrogen-bond donors (Lipinski definition) is 1. The number of amides is 1. The molecule has 25 heavy (non-hydrogen) atoms. The van der Waals surface area contributed by atoms with E-state index in [1.165, 1.54) is 30.3 Å². The van der Waals surface area contributed by atoms with Crippen molar-refractivity contribution in [1.29, 1.82) is 0 Å². The Kier molecular flexibility index (Phi) is 3.84. The van der Waals surface area contributed by atoms with Gasteiger partial charge in [-0.15, -0.1) is 0 Å². The van der Waals surface area contributed by atoms with Crippen molar-refractivity contribution in [2.24, 2.45) is 0 Å². The summed E-state index contributed by atoms with van der Waals surface area (Å²) in [5, 5.41) is 11.1. The fraction of sp³-hybridized carbons (Fsp3) is 0.350. The summed E-state index contributed by atoms with van der Waals surface area (Å²) in [6.45, 7) is 0. The van der Waals surface area contributed by atoms with Gasteiger partial charge in [0.15, 0.2) is 0 Å². The molecular weight excluding hydrogens is 324 g/mol. The average molecular weight is 343 g/mol. The first-order chi connectivity index (χ1) is 12.0. The van der Waals surface area contributed by atoms with Crippen LogP contribution in [0.5, 0.6) is 0 Å². The van der Waals surface area contributed by atoms with Crippen LogP contribution in [0, 0.1) is 11.6 Å². The molecule has 0 radical (unpaired) electrons. The molecule has 3 nitrogen and oxygen atoms in total. The van der Waals surface area contributed by atoms with Gasteiger partial charge in [-0.2, -0.15) is 0 Å². The van der Waals surface area contributed by atoms with Crippen molar-refractivity contribution >= 4 is 5.91 Å². The topological polar surface area (TPSA) is 40.5 Å². The van der Waals surface area contributed by atoms with E-state index < -0.39 is 11.4 Å². The third kappa shape index (κ3) is 2.72. The van der Waals surface area contributed by atoms with Crippen LogP contribution in [0.25, 0.3) is 0 Å². The lowest BCUT2D eigenvalue weighted by molar-refractivity contribution is -0.0500. The molecule has 2 aromatic carbocycles. The number of aliphatic hydroxyl groups is 1. The molecule has 0 spiro atoms. The molecule has 2 atom stereocenters. The standard InChI is InChI=1S/C20H19F2NO2/c21-14-7-5-13(6-8-14)19(24)23-15-9-10-16(23)12-20(25,11-15)17-3-1-2-4-18(17)22/h1-8,15-16,25H,9-12H2/t15-,16-/m0/s1. The van der Waals surface area contributed by atoms with E-state index in [2.05, 4.69) is 0 Å². The molecule has 2 aliphatic rings. The van der Waals surface area contributed by atoms with Crippen LogP contribution in [-0.4, -0.2) is 28.0 Å². The van der Waals surface area contributed by atoms with Gasteiger partial charge >= 0.3 is 0 Å². The SMILES string of the molecule is O=C(c1ccc(F)cc1)N1[C@H]2CC[C@H]1CC(O)(c1ccccc1F)C2. The van der Waals surface area contributed by atoms with E-state index in [0.717, 1.165) is 12.8 Å². The molecule has 0 aliphatic carbocycles. The van der Waals surface area contributed by atoms with Gasteiger partial charge in [-0.3, -0.25) is 4.79 Å². The third-order valence-electron chi connectivity index (χ3n) is 5.47. The van der Waals surface area contributed by atoms with Crippen LogP contribution >= 0.6 is 0 Å². The van der Waals surface area contributed by atoms with E-state index in [4.69, 9.17) is 0 Å². The van der Waals surface area contributed by atoms with Gasteiger partial charge in [0.05, 0.1) is 5.60 Å². The summed E-state index contributed by atoms with van der Waals surface area (Å²) in [7, 11) is 0. The molecular formula is C20H19F2NO2. The summed E-state index contributed by atoms with van der Waals surface area (Å²) < 4.78 is 27.3. The molecule has 0 saturated carbocycles. The number of halogens is 2. The molecule has 2 saturated heterocycles. The fourth-order valence-electron chi connectivity index (χ4n) is 4.36. The molecule has 4 rings (SSSR count). The van der Waals surface area contributed by atoms with Crippen LogP contribution in [0.4, 0.5) is 8.78 Å².